The molecular weight excluding hydrogens is 420 g/mol. The minimum atomic E-state index is -0.813. The Balaban J connectivity index is 2.45. The normalized spacial score (nSPS) is 12.1. The van der Waals surface area contributed by atoms with Crippen LogP contribution in [0.5, 0.6) is 0 Å². The van der Waals surface area contributed by atoms with Crippen LogP contribution in [0.4, 0.5) is 14.7 Å². The highest BCUT2D eigenvalue weighted by Crippen LogP contribution is 2.32. The van der Waals surface area contributed by atoms with Gasteiger partial charge in [-0.05, 0) is 59.2 Å². The summed E-state index contributed by atoms with van der Waals surface area (Å²) in [6, 6.07) is 5.78. The summed E-state index contributed by atoms with van der Waals surface area (Å²) in [6.07, 6.45) is -1.63. The Hall–Kier alpha value is -1.67. The molecule has 0 saturated heterocycles. The average Bonchev–Trinajstić information content (AvgIpc) is 2.85. The molecule has 0 aliphatic rings. The molecule has 1 heterocycles. The van der Waals surface area contributed by atoms with E-state index in [4.69, 9.17) is 9.47 Å². The largest absolute Gasteiger partial charge is 0.443 e. The molecule has 2 aromatic rings. The molecule has 2 amide bonds. The Morgan fingerprint density at radius 2 is 1.62 bits per heavy atom. The summed E-state index contributed by atoms with van der Waals surface area (Å²) < 4.78 is 11.6. The second-order valence-electron chi connectivity index (χ2n) is 7.73. The number of ether oxygens (including phenoxy) is 2. The number of aromatic nitrogens is 1. The molecule has 0 bridgehead atoms. The molecule has 0 spiro atoms. The van der Waals surface area contributed by atoms with E-state index in [1.807, 2.05) is 18.2 Å². The summed E-state index contributed by atoms with van der Waals surface area (Å²) in [5, 5.41) is 0.910. The van der Waals surface area contributed by atoms with Crippen LogP contribution in [0.3, 0.4) is 0 Å². The molecule has 8 heteroatoms. The van der Waals surface area contributed by atoms with Gasteiger partial charge in [0.15, 0.2) is 0 Å². The van der Waals surface area contributed by atoms with Crippen molar-refractivity contribution in [2.24, 2.45) is 0 Å². The summed E-state index contributed by atoms with van der Waals surface area (Å²) >= 11 is 4.64. The number of hydrogen-bond donors (Lipinski definition) is 0. The lowest BCUT2D eigenvalue weighted by molar-refractivity contribution is 0.0431. The summed E-state index contributed by atoms with van der Waals surface area (Å²) in [6.45, 7) is 10.4. The van der Waals surface area contributed by atoms with E-state index in [-0.39, 0.29) is 5.13 Å². The van der Waals surface area contributed by atoms with Gasteiger partial charge in [0.2, 0.25) is 5.13 Å². The first-order chi connectivity index (χ1) is 11.9. The van der Waals surface area contributed by atoms with Gasteiger partial charge in [0.05, 0.1) is 10.2 Å². The Labute approximate surface area is 165 Å². The maximum atomic E-state index is 12.6. The highest BCUT2D eigenvalue weighted by atomic mass is 79.9. The van der Waals surface area contributed by atoms with Crippen molar-refractivity contribution in [3.63, 3.8) is 0 Å². The van der Waals surface area contributed by atoms with Crippen molar-refractivity contribution in [1.29, 1.82) is 0 Å². The molecule has 0 radical (unpaired) electrons. The van der Waals surface area contributed by atoms with Gasteiger partial charge in [0.25, 0.3) is 0 Å². The van der Waals surface area contributed by atoms with Crippen molar-refractivity contribution < 1.29 is 19.1 Å². The van der Waals surface area contributed by atoms with E-state index in [1.54, 1.807) is 41.5 Å². The molecule has 1 aromatic heterocycles. The predicted octanol–water partition coefficient (Wildman–Crippen LogP) is 5.87. The van der Waals surface area contributed by atoms with Crippen LogP contribution in [0, 0.1) is 0 Å². The third-order valence-corrected chi connectivity index (χ3v) is 4.61. The number of alkyl halides is 1. The Bertz CT molecular complexity index is 793. The van der Waals surface area contributed by atoms with Gasteiger partial charge < -0.3 is 9.47 Å². The smallest absolute Gasteiger partial charge is 0.426 e. The zero-order chi connectivity index (χ0) is 19.7. The Morgan fingerprint density at radius 1 is 1.08 bits per heavy atom. The number of amides is 2. The van der Waals surface area contributed by atoms with Crippen LogP contribution in [0.15, 0.2) is 18.2 Å². The lowest BCUT2D eigenvalue weighted by atomic mass is 10.2. The molecule has 0 aliphatic heterocycles. The van der Waals surface area contributed by atoms with Crippen molar-refractivity contribution in [3.8, 4) is 0 Å². The monoisotopic (exact) mass is 442 g/mol. The number of rotatable bonds is 2. The van der Waals surface area contributed by atoms with Gasteiger partial charge in [-0.25, -0.2) is 14.6 Å². The SMILES string of the molecule is CC(C)(C)OC(=O)N(C(=O)OC(C)(C)C)c1nc2cc(CBr)ccc2s1. The summed E-state index contributed by atoms with van der Waals surface area (Å²) in [5.41, 5.74) is 0.253. The molecule has 0 unspecified atom stereocenters. The van der Waals surface area contributed by atoms with Gasteiger partial charge in [0, 0.05) is 5.33 Å². The van der Waals surface area contributed by atoms with E-state index in [0.29, 0.717) is 10.8 Å². The second kappa shape index (κ2) is 7.52. The quantitative estimate of drug-likeness (QED) is 0.543. The molecule has 0 atom stereocenters. The highest BCUT2D eigenvalue weighted by molar-refractivity contribution is 9.08. The van der Waals surface area contributed by atoms with Gasteiger partial charge in [0.1, 0.15) is 11.2 Å². The molecule has 26 heavy (non-hydrogen) atoms. The maximum absolute atomic E-state index is 12.6. The standard InChI is InChI=1S/C18H23BrN2O4S/c1-17(2,3)24-15(22)21(16(23)25-18(4,5)6)14-20-12-9-11(10-19)7-8-13(12)26-14/h7-9H,10H2,1-6H3. The fourth-order valence-electron chi connectivity index (χ4n) is 1.99. The third-order valence-electron chi connectivity index (χ3n) is 2.94. The van der Waals surface area contributed by atoms with Crippen LogP contribution < -0.4 is 4.90 Å². The van der Waals surface area contributed by atoms with E-state index in [1.165, 1.54) is 11.3 Å². The lowest BCUT2D eigenvalue weighted by Crippen LogP contribution is -2.43. The van der Waals surface area contributed by atoms with Crippen LogP contribution in [0.2, 0.25) is 0 Å². The van der Waals surface area contributed by atoms with Crippen molar-refractivity contribution in [1.82, 2.24) is 4.98 Å². The number of carbonyl (C=O) groups excluding carboxylic acids is 2. The summed E-state index contributed by atoms with van der Waals surface area (Å²) in [4.78, 5) is 30.6. The third kappa shape index (κ3) is 5.41. The topological polar surface area (TPSA) is 68.7 Å². The number of carbonyl (C=O) groups is 2. The van der Waals surface area contributed by atoms with E-state index < -0.39 is 23.4 Å². The molecule has 2 rings (SSSR count). The molecule has 142 valence electrons. The first-order valence-electron chi connectivity index (χ1n) is 8.11. The molecule has 0 N–H and O–H groups in total. The van der Waals surface area contributed by atoms with Gasteiger partial charge in [-0.15, -0.1) is 0 Å². The summed E-state index contributed by atoms with van der Waals surface area (Å²) in [7, 11) is 0. The van der Waals surface area contributed by atoms with E-state index in [2.05, 4.69) is 20.9 Å². The average molecular weight is 443 g/mol. The minimum Gasteiger partial charge on any atom is -0.443 e. The molecule has 6 nitrogen and oxygen atoms in total. The van der Waals surface area contributed by atoms with Crippen molar-refractivity contribution in [2.75, 3.05) is 4.90 Å². The molecule has 0 fully saturated rings. The molecule has 1 aromatic carbocycles. The predicted molar refractivity (Wildman–Crippen MR) is 107 cm³/mol. The zero-order valence-electron chi connectivity index (χ0n) is 15.8. The van der Waals surface area contributed by atoms with Crippen molar-refractivity contribution >= 4 is 54.8 Å². The minimum absolute atomic E-state index is 0.218. The lowest BCUT2D eigenvalue weighted by Gasteiger charge is -2.27. The van der Waals surface area contributed by atoms with E-state index in [0.717, 1.165) is 15.2 Å². The number of imide groups is 1. The number of thiazole rings is 1. The van der Waals surface area contributed by atoms with Crippen LogP contribution >= 0.6 is 27.3 Å². The van der Waals surface area contributed by atoms with Crippen LogP contribution in [0.25, 0.3) is 10.2 Å². The van der Waals surface area contributed by atoms with Crippen LogP contribution in [0.1, 0.15) is 47.1 Å². The van der Waals surface area contributed by atoms with Gasteiger partial charge >= 0.3 is 12.2 Å². The molecule has 0 saturated carbocycles. The number of benzene rings is 1. The van der Waals surface area contributed by atoms with Gasteiger partial charge in [-0.1, -0.05) is 33.3 Å². The number of halogens is 1. The maximum Gasteiger partial charge on any atom is 0.426 e. The summed E-state index contributed by atoms with van der Waals surface area (Å²) in [5.74, 6) is 0. The first kappa shape index (κ1) is 20.6. The van der Waals surface area contributed by atoms with Crippen LogP contribution in [-0.4, -0.2) is 28.4 Å². The highest BCUT2D eigenvalue weighted by Gasteiger charge is 2.34. The number of fused-ring (bicyclic) bond motifs is 1. The number of nitrogens with zero attached hydrogens (tertiary/aromatic N) is 2. The second-order valence-corrected chi connectivity index (χ2v) is 9.30. The fourth-order valence-corrected chi connectivity index (χ4v) is 3.26. The van der Waals surface area contributed by atoms with Gasteiger partial charge in [-0.2, -0.15) is 4.90 Å². The number of hydrogen-bond acceptors (Lipinski definition) is 6. The van der Waals surface area contributed by atoms with Crippen molar-refractivity contribution in [3.05, 3.63) is 23.8 Å². The molecule has 0 aliphatic carbocycles. The van der Waals surface area contributed by atoms with Gasteiger partial charge in [-0.3, -0.25) is 0 Å². The fraction of sp³-hybridized carbons (Fsp3) is 0.500. The molecular formula is C18H23BrN2O4S. The van der Waals surface area contributed by atoms with Crippen molar-refractivity contribution in [2.45, 2.75) is 58.1 Å². The van der Waals surface area contributed by atoms with E-state index in [9.17, 15) is 9.59 Å². The number of anilines is 1. The zero-order valence-corrected chi connectivity index (χ0v) is 18.2. The Kier molecular flexibility index (Phi) is 5.97. The van der Waals surface area contributed by atoms with Crippen LogP contribution in [-0.2, 0) is 14.8 Å². The van der Waals surface area contributed by atoms with E-state index >= 15 is 0 Å². The first-order valence-corrected chi connectivity index (χ1v) is 10.0. The Morgan fingerprint density at radius 3 is 2.08 bits per heavy atom.